The van der Waals surface area contributed by atoms with Crippen molar-refractivity contribution in [3.8, 4) is 0 Å². The molecule has 1 saturated carbocycles. The van der Waals surface area contributed by atoms with Crippen LogP contribution in [0.4, 0.5) is 10.1 Å². The number of carbonyl (C=O) groups excluding carboxylic acids is 3. The zero-order valence-electron chi connectivity index (χ0n) is 18.1. The Morgan fingerprint density at radius 1 is 1.23 bits per heavy atom. The number of nitrogens with one attached hydrogen (secondary N) is 2. The molecule has 2 aromatic heterocycles. The molecule has 31 heavy (non-hydrogen) atoms. The predicted molar refractivity (Wildman–Crippen MR) is 112 cm³/mol. The summed E-state index contributed by atoms with van der Waals surface area (Å²) in [6, 6.07) is 2.51. The van der Waals surface area contributed by atoms with Gasteiger partial charge in [-0.1, -0.05) is 0 Å². The van der Waals surface area contributed by atoms with Crippen molar-refractivity contribution < 1.29 is 23.9 Å². The minimum absolute atomic E-state index is 0.136. The lowest BCUT2D eigenvalue weighted by atomic mass is 9.82. The van der Waals surface area contributed by atoms with Gasteiger partial charge in [-0.15, -0.1) is 0 Å². The molecule has 8 nitrogen and oxygen atoms in total. The Morgan fingerprint density at radius 2 is 1.87 bits per heavy atom. The van der Waals surface area contributed by atoms with Crippen LogP contribution in [0.25, 0.3) is 0 Å². The number of hydrogen-bond acceptors (Lipinski definition) is 5. The number of rotatable bonds is 5. The summed E-state index contributed by atoms with van der Waals surface area (Å²) in [5, 5.41) is 15.1. The second-order valence-corrected chi connectivity index (χ2v) is 8.39. The van der Waals surface area contributed by atoms with Crippen LogP contribution in [0.5, 0.6) is 0 Å². The van der Waals surface area contributed by atoms with E-state index in [-0.39, 0.29) is 17.4 Å². The maximum absolute atomic E-state index is 13.0. The molecule has 166 valence electrons. The number of pyridine rings is 1. The molecule has 0 radical (unpaired) electrons. The summed E-state index contributed by atoms with van der Waals surface area (Å²) < 4.78 is 14.5. The Morgan fingerprint density at radius 3 is 2.45 bits per heavy atom. The van der Waals surface area contributed by atoms with Gasteiger partial charge in [-0.25, -0.2) is 4.98 Å². The summed E-state index contributed by atoms with van der Waals surface area (Å²) in [4.78, 5) is 42.0. The van der Waals surface area contributed by atoms with Crippen LogP contribution in [0.1, 0.15) is 64.7 Å². The molecule has 0 spiro atoms. The van der Waals surface area contributed by atoms with Crippen molar-refractivity contribution in [1.29, 1.82) is 0 Å². The molecule has 0 saturated heterocycles. The van der Waals surface area contributed by atoms with E-state index in [2.05, 4.69) is 15.6 Å². The number of hydrogen-bond donors (Lipinski definition) is 3. The van der Waals surface area contributed by atoms with E-state index in [0.29, 0.717) is 42.6 Å². The standard InChI is InChI=1S/C22H27FN4O4/c1-12-17(20(30)25-14-5-6-16(23)24-11-14)13(2)27(4)18(12)19(29)21(31)26-22(3)9-7-15(28)8-10-22/h5-6,11,15,28H,7-10H2,1-4H3,(H,25,30)(H,26,31). The molecular weight excluding hydrogens is 403 g/mol. The maximum atomic E-state index is 13.0. The zero-order chi connectivity index (χ0) is 22.9. The Bertz CT molecular complexity index is 1020. The molecule has 3 N–H and O–H groups in total. The molecule has 2 amide bonds. The molecule has 3 rings (SSSR count). The number of anilines is 1. The van der Waals surface area contributed by atoms with E-state index >= 15 is 0 Å². The van der Waals surface area contributed by atoms with Crippen LogP contribution >= 0.6 is 0 Å². The van der Waals surface area contributed by atoms with Crippen LogP contribution in [0.2, 0.25) is 0 Å². The third-order valence-electron chi connectivity index (χ3n) is 6.04. The number of amides is 2. The first-order valence-electron chi connectivity index (χ1n) is 10.2. The van der Waals surface area contributed by atoms with Gasteiger partial charge < -0.3 is 20.3 Å². The summed E-state index contributed by atoms with van der Waals surface area (Å²) in [6.07, 6.45) is 3.11. The summed E-state index contributed by atoms with van der Waals surface area (Å²) >= 11 is 0. The molecule has 2 heterocycles. The Labute approximate surface area is 179 Å². The van der Waals surface area contributed by atoms with Crippen molar-refractivity contribution in [2.24, 2.45) is 7.05 Å². The number of nitrogens with zero attached hydrogens (tertiary/aromatic N) is 2. The van der Waals surface area contributed by atoms with Gasteiger partial charge in [0.2, 0.25) is 5.95 Å². The van der Waals surface area contributed by atoms with Crippen LogP contribution in [-0.2, 0) is 11.8 Å². The van der Waals surface area contributed by atoms with E-state index in [9.17, 15) is 23.9 Å². The summed E-state index contributed by atoms with van der Waals surface area (Å²) in [5.74, 6) is -2.60. The van der Waals surface area contributed by atoms with Crippen LogP contribution in [-0.4, -0.2) is 43.9 Å². The molecule has 0 bridgehead atoms. The molecule has 1 fully saturated rings. The normalized spacial score (nSPS) is 20.9. The maximum Gasteiger partial charge on any atom is 0.294 e. The average Bonchev–Trinajstić information content (AvgIpc) is 2.94. The van der Waals surface area contributed by atoms with Gasteiger partial charge in [-0.3, -0.25) is 14.4 Å². The highest BCUT2D eigenvalue weighted by atomic mass is 19.1. The first-order valence-corrected chi connectivity index (χ1v) is 10.2. The summed E-state index contributed by atoms with van der Waals surface area (Å²) in [5.41, 5.74) is 1.07. The predicted octanol–water partition coefficient (Wildman–Crippen LogP) is 2.42. The van der Waals surface area contributed by atoms with Gasteiger partial charge in [-0.05, 0) is 64.2 Å². The zero-order valence-corrected chi connectivity index (χ0v) is 18.1. The fraction of sp³-hybridized carbons (Fsp3) is 0.455. The van der Waals surface area contributed by atoms with E-state index in [1.807, 2.05) is 6.92 Å². The van der Waals surface area contributed by atoms with Crippen molar-refractivity contribution in [1.82, 2.24) is 14.9 Å². The Kier molecular flexibility index (Phi) is 6.26. The lowest BCUT2D eigenvalue weighted by molar-refractivity contribution is -0.119. The molecular formula is C22H27FN4O4. The Hall–Kier alpha value is -3.07. The van der Waals surface area contributed by atoms with E-state index in [0.717, 1.165) is 6.07 Å². The van der Waals surface area contributed by atoms with Crippen LogP contribution < -0.4 is 10.6 Å². The van der Waals surface area contributed by atoms with Gasteiger partial charge in [0.1, 0.15) is 0 Å². The van der Waals surface area contributed by atoms with Crippen LogP contribution in [0.15, 0.2) is 18.3 Å². The van der Waals surface area contributed by atoms with Crippen molar-refractivity contribution in [3.63, 3.8) is 0 Å². The van der Waals surface area contributed by atoms with Gasteiger partial charge in [0, 0.05) is 18.3 Å². The number of carbonyl (C=O) groups is 3. The third-order valence-corrected chi connectivity index (χ3v) is 6.04. The molecule has 0 aromatic carbocycles. The van der Waals surface area contributed by atoms with Gasteiger partial charge in [-0.2, -0.15) is 4.39 Å². The summed E-state index contributed by atoms with van der Waals surface area (Å²) in [7, 11) is 1.62. The second kappa shape index (κ2) is 8.58. The molecule has 1 aliphatic rings. The van der Waals surface area contributed by atoms with Gasteiger partial charge >= 0.3 is 0 Å². The van der Waals surface area contributed by atoms with E-state index in [1.54, 1.807) is 20.9 Å². The number of aliphatic hydroxyl groups is 1. The quantitative estimate of drug-likeness (QED) is 0.383. The second-order valence-electron chi connectivity index (χ2n) is 8.39. The smallest absolute Gasteiger partial charge is 0.294 e. The number of aliphatic hydroxyl groups excluding tert-OH is 1. The van der Waals surface area contributed by atoms with Crippen molar-refractivity contribution in [3.05, 3.63) is 46.8 Å². The van der Waals surface area contributed by atoms with Gasteiger partial charge in [0.25, 0.3) is 17.6 Å². The van der Waals surface area contributed by atoms with Gasteiger partial charge in [0.15, 0.2) is 0 Å². The van der Waals surface area contributed by atoms with Crippen LogP contribution in [0.3, 0.4) is 0 Å². The number of ketones is 1. The first-order chi connectivity index (χ1) is 14.5. The van der Waals surface area contributed by atoms with Gasteiger partial charge in [0.05, 0.1) is 29.2 Å². The number of Topliss-reactive ketones (excluding diaryl/α,β-unsaturated/α-hetero) is 1. The minimum Gasteiger partial charge on any atom is -0.393 e. The topological polar surface area (TPSA) is 113 Å². The molecule has 0 aliphatic heterocycles. The third kappa shape index (κ3) is 4.66. The fourth-order valence-electron chi connectivity index (χ4n) is 4.08. The highest BCUT2D eigenvalue weighted by molar-refractivity contribution is 6.43. The van der Waals surface area contributed by atoms with E-state index < -0.39 is 29.1 Å². The Balaban J connectivity index is 1.82. The number of aromatic nitrogens is 2. The monoisotopic (exact) mass is 430 g/mol. The fourth-order valence-corrected chi connectivity index (χ4v) is 4.08. The van der Waals surface area contributed by atoms with E-state index in [4.69, 9.17) is 0 Å². The first kappa shape index (κ1) is 22.6. The van der Waals surface area contributed by atoms with Crippen molar-refractivity contribution >= 4 is 23.3 Å². The number of halogens is 1. The highest BCUT2D eigenvalue weighted by Gasteiger charge is 2.35. The SMILES string of the molecule is Cc1c(C(=O)Nc2ccc(F)nc2)c(C)n(C)c1C(=O)C(=O)NC1(C)CCC(O)CC1. The van der Waals surface area contributed by atoms with Crippen LogP contribution in [0, 0.1) is 19.8 Å². The molecule has 1 aliphatic carbocycles. The van der Waals surface area contributed by atoms with E-state index in [1.165, 1.54) is 16.8 Å². The highest BCUT2D eigenvalue weighted by Crippen LogP contribution is 2.29. The molecule has 2 aromatic rings. The molecule has 9 heteroatoms. The largest absolute Gasteiger partial charge is 0.393 e. The van der Waals surface area contributed by atoms with Crippen molar-refractivity contribution in [2.75, 3.05) is 5.32 Å². The van der Waals surface area contributed by atoms with Crippen molar-refractivity contribution in [2.45, 2.75) is 58.1 Å². The average molecular weight is 430 g/mol. The minimum atomic E-state index is -0.739. The molecule has 0 unspecified atom stereocenters. The summed E-state index contributed by atoms with van der Waals surface area (Å²) in [6.45, 7) is 5.16. The lowest BCUT2D eigenvalue weighted by Crippen LogP contribution is -2.51. The molecule has 0 atom stereocenters. The lowest BCUT2D eigenvalue weighted by Gasteiger charge is -2.36.